The van der Waals surface area contributed by atoms with Gasteiger partial charge in [-0.25, -0.2) is 0 Å². The van der Waals surface area contributed by atoms with Crippen molar-refractivity contribution in [2.75, 3.05) is 6.54 Å². The Morgan fingerprint density at radius 3 is 2.44 bits per heavy atom. The van der Waals surface area contributed by atoms with Crippen LogP contribution in [0.1, 0.15) is 53.4 Å². The Morgan fingerprint density at radius 1 is 1.39 bits per heavy atom. The zero-order chi connectivity index (χ0) is 14.2. The lowest BCUT2D eigenvalue weighted by Gasteiger charge is -2.30. The lowest BCUT2D eigenvalue weighted by molar-refractivity contribution is -0.122. The van der Waals surface area contributed by atoms with Crippen molar-refractivity contribution in [3.63, 3.8) is 0 Å². The zero-order valence-corrected chi connectivity index (χ0v) is 12.1. The molecule has 0 radical (unpaired) electrons. The Labute approximate surface area is 111 Å². The van der Waals surface area contributed by atoms with E-state index in [1.165, 1.54) is 0 Å². The van der Waals surface area contributed by atoms with E-state index in [-0.39, 0.29) is 17.4 Å². The third kappa shape index (κ3) is 7.29. The van der Waals surface area contributed by atoms with Crippen molar-refractivity contribution in [3.8, 4) is 6.07 Å². The fourth-order valence-corrected chi connectivity index (χ4v) is 2.05. The molecule has 0 fully saturated rings. The van der Waals surface area contributed by atoms with Crippen LogP contribution in [-0.4, -0.2) is 18.5 Å². The van der Waals surface area contributed by atoms with Crippen molar-refractivity contribution in [1.82, 2.24) is 5.32 Å². The maximum absolute atomic E-state index is 11.7. The van der Waals surface area contributed by atoms with Crippen LogP contribution in [0.4, 0.5) is 0 Å². The largest absolute Gasteiger partial charge is 0.353 e. The molecule has 1 amide bonds. The van der Waals surface area contributed by atoms with Gasteiger partial charge in [-0.3, -0.25) is 4.79 Å². The molecule has 0 saturated heterocycles. The summed E-state index contributed by atoms with van der Waals surface area (Å²) in [4.78, 5) is 11.7. The summed E-state index contributed by atoms with van der Waals surface area (Å²) in [5.74, 6) is 0.489. The summed E-state index contributed by atoms with van der Waals surface area (Å²) in [5, 5.41) is 11.4. The van der Waals surface area contributed by atoms with Crippen molar-refractivity contribution >= 4 is 5.91 Å². The molecule has 4 nitrogen and oxygen atoms in total. The summed E-state index contributed by atoms with van der Waals surface area (Å²) in [6.07, 6.45) is 2.67. The average molecular weight is 253 g/mol. The number of hydrogen-bond acceptors (Lipinski definition) is 3. The molecule has 0 aliphatic rings. The standard InChI is InChI=1S/C14H27N3O/c1-11(7-9-15)17-13(18)6-5-12(8-10-16)14(2,3)4/h11-12H,5-8,10,16H2,1-4H3,(H,17,18). The second-order valence-electron chi connectivity index (χ2n) is 6.01. The van der Waals surface area contributed by atoms with Gasteiger partial charge in [-0.05, 0) is 37.6 Å². The van der Waals surface area contributed by atoms with E-state index in [1.54, 1.807) is 0 Å². The number of rotatable bonds is 7. The molecule has 2 atom stereocenters. The zero-order valence-electron chi connectivity index (χ0n) is 12.1. The highest BCUT2D eigenvalue weighted by Gasteiger charge is 2.24. The number of carbonyl (C=O) groups is 1. The normalized spacial score (nSPS) is 14.7. The van der Waals surface area contributed by atoms with E-state index in [1.807, 2.05) is 6.92 Å². The summed E-state index contributed by atoms with van der Waals surface area (Å²) < 4.78 is 0. The van der Waals surface area contributed by atoms with E-state index < -0.39 is 0 Å². The van der Waals surface area contributed by atoms with Gasteiger partial charge in [-0.15, -0.1) is 0 Å². The third-order valence-corrected chi connectivity index (χ3v) is 3.26. The van der Waals surface area contributed by atoms with E-state index in [0.717, 1.165) is 12.8 Å². The molecule has 0 saturated carbocycles. The first-order valence-corrected chi connectivity index (χ1v) is 6.67. The van der Waals surface area contributed by atoms with Crippen LogP contribution in [0.3, 0.4) is 0 Å². The average Bonchev–Trinajstić information content (AvgIpc) is 2.22. The Balaban J connectivity index is 4.12. The topological polar surface area (TPSA) is 78.9 Å². The molecule has 4 heteroatoms. The van der Waals surface area contributed by atoms with Gasteiger partial charge in [-0.1, -0.05) is 20.8 Å². The van der Waals surface area contributed by atoms with E-state index in [0.29, 0.717) is 25.3 Å². The number of nitrogens with two attached hydrogens (primary N) is 1. The van der Waals surface area contributed by atoms with Crippen LogP contribution < -0.4 is 11.1 Å². The predicted octanol–water partition coefficient (Wildman–Crippen LogP) is 2.20. The highest BCUT2D eigenvalue weighted by Crippen LogP contribution is 2.31. The fourth-order valence-electron chi connectivity index (χ4n) is 2.05. The van der Waals surface area contributed by atoms with E-state index in [2.05, 4.69) is 32.2 Å². The fraction of sp³-hybridized carbons (Fsp3) is 0.857. The second-order valence-corrected chi connectivity index (χ2v) is 6.01. The lowest BCUT2D eigenvalue weighted by atomic mass is 9.76. The highest BCUT2D eigenvalue weighted by atomic mass is 16.1. The quantitative estimate of drug-likeness (QED) is 0.730. The molecule has 0 aliphatic carbocycles. The van der Waals surface area contributed by atoms with Crippen molar-refractivity contribution in [2.24, 2.45) is 17.1 Å². The molecule has 0 aromatic heterocycles. The van der Waals surface area contributed by atoms with Crippen LogP contribution in [0, 0.1) is 22.7 Å². The number of nitrogens with zero attached hydrogens (tertiary/aromatic N) is 1. The predicted molar refractivity (Wildman–Crippen MR) is 73.7 cm³/mol. The first-order chi connectivity index (χ1) is 8.31. The van der Waals surface area contributed by atoms with E-state index >= 15 is 0 Å². The number of nitriles is 1. The van der Waals surface area contributed by atoms with Crippen molar-refractivity contribution < 1.29 is 4.79 Å². The van der Waals surface area contributed by atoms with Crippen LogP contribution in [-0.2, 0) is 4.79 Å². The Morgan fingerprint density at radius 2 is 2.00 bits per heavy atom. The third-order valence-electron chi connectivity index (χ3n) is 3.26. The first-order valence-electron chi connectivity index (χ1n) is 6.67. The van der Waals surface area contributed by atoms with Crippen LogP contribution in [0.15, 0.2) is 0 Å². The molecule has 0 aromatic rings. The molecule has 0 aromatic carbocycles. The lowest BCUT2D eigenvalue weighted by Crippen LogP contribution is -2.33. The Hall–Kier alpha value is -1.08. The van der Waals surface area contributed by atoms with Gasteiger partial charge in [0, 0.05) is 12.5 Å². The van der Waals surface area contributed by atoms with Gasteiger partial charge < -0.3 is 11.1 Å². The van der Waals surface area contributed by atoms with Crippen molar-refractivity contribution in [3.05, 3.63) is 0 Å². The molecule has 0 aliphatic heterocycles. The van der Waals surface area contributed by atoms with E-state index in [9.17, 15) is 4.79 Å². The molecule has 0 bridgehead atoms. The first kappa shape index (κ1) is 16.9. The van der Waals surface area contributed by atoms with Gasteiger partial charge >= 0.3 is 0 Å². The molecule has 0 rings (SSSR count). The van der Waals surface area contributed by atoms with Gasteiger partial charge in [0.15, 0.2) is 0 Å². The summed E-state index contributed by atoms with van der Waals surface area (Å²) in [6.45, 7) is 9.06. The monoisotopic (exact) mass is 253 g/mol. The molecule has 104 valence electrons. The van der Waals surface area contributed by atoms with Crippen LogP contribution in [0.2, 0.25) is 0 Å². The van der Waals surface area contributed by atoms with Gasteiger partial charge in [0.2, 0.25) is 5.91 Å². The summed E-state index contributed by atoms with van der Waals surface area (Å²) in [5.41, 5.74) is 5.79. The number of carbonyl (C=O) groups excluding carboxylic acids is 1. The smallest absolute Gasteiger partial charge is 0.220 e. The molecule has 0 heterocycles. The summed E-state index contributed by atoms with van der Waals surface area (Å²) >= 11 is 0. The molecule has 0 spiro atoms. The Kier molecular flexibility index (Phi) is 7.61. The maximum atomic E-state index is 11.7. The minimum atomic E-state index is -0.0647. The van der Waals surface area contributed by atoms with Crippen LogP contribution in [0.25, 0.3) is 0 Å². The minimum Gasteiger partial charge on any atom is -0.353 e. The number of amides is 1. The van der Waals surface area contributed by atoms with Gasteiger partial charge in [0.25, 0.3) is 0 Å². The van der Waals surface area contributed by atoms with Gasteiger partial charge in [0.05, 0.1) is 12.5 Å². The van der Waals surface area contributed by atoms with Crippen molar-refractivity contribution in [2.45, 2.75) is 59.4 Å². The minimum absolute atomic E-state index is 0.0315. The van der Waals surface area contributed by atoms with Crippen LogP contribution >= 0.6 is 0 Å². The highest BCUT2D eigenvalue weighted by molar-refractivity contribution is 5.76. The molecular formula is C14H27N3O. The SMILES string of the molecule is CC(CC#N)NC(=O)CCC(CCN)C(C)(C)C. The molecule has 3 N–H and O–H groups in total. The van der Waals surface area contributed by atoms with Crippen LogP contribution in [0.5, 0.6) is 0 Å². The maximum Gasteiger partial charge on any atom is 0.220 e. The summed E-state index contributed by atoms with van der Waals surface area (Å²) in [7, 11) is 0. The molecule has 2 unspecified atom stereocenters. The van der Waals surface area contributed by atoms with Crippen molar-refractivity contribution in [1.29, 1.82) is 5.26 Å². The number of nitrogens with one attached hydrogen (secondary N) is 1. The summed E-state index contributed by atoms with van der Waals surface area (Å²) in [6, 6.07) is 1.99. The number of hydrogen-bond donors (Lipinski definition) is 2. The second kappa shape index (κ2) is 8.10. The molecule has 18 heavy (non-hydrogen) atoms. The Bertz CT molecular complexity index is 288. The van der Waals surface area contributed by atoms with Gasteiger partial charge in [0.1, 0.15) is 0 Å². The molecular weight excluding hydrogens is 226 g/mol. The van der Waals surface area contributed by atoms with E-state index in [4.69, 9.17) is 11.0 Å². The van der Waals surface area contributed by atoms with Gasteiger partial charge in [-0.2, -0.15) is 5.26 Å².